The minimum atomic E-state index is -3.82. The lowest BCUT2D eigenvalue weighted by Gasteiger charge is -2.34. The predicted octanol–water partition coefficient (Wildman–Crippen LogP) is 4.69. The molecule has 9 nitrogen and oxygen atoms in total. The summed E-state index contributed by atoms with van der Waals surface area (Å²) >= 11 is 6.05. The number of piperazine rings is 1. The van der Waals surface area contributed by atoms with Crippen LogP contribution >= 0.6 is 11.6 Å². The van der Waals surface area contributed by atoms with E-state index in [0.29, 0.717) is 29.2 Å². The van der Waals surface area contributed by atoms with Gasteiger partial charge in [0.15, 0.2) is 5.82 Å². The average Bonchev–Trinajstić information content (AvgIpc) is 3.31. The van der Waals surface area contributed by atoms with E-state index in [9.17, 15) is 8.42 Å². The Hall–Kier alpha value is -3.18. The first kappa shape index (κ1) is 26.4. The van der Waals surface area contributed by atoms with E-state index >= 15 is 0 Å². The van der Waals surface area contributed by atoms with Crippen molar-refractivity contribution in [3.8, 4) is 11.8 Å². The van der Waals surface area contributed by atoms with E-state index in [4.69, 9.17) is 16.3 Å². The van der Waals surface area contributed by atoms with Gasteiger partial charge in [-0.1, -0.05) is 34.9 Å². The van der Waals surface area contributed by atoms with Gasteiger partial charge in [0.2, 0.25) is 10.0 Å². The third-order valence-corrected chi connectivity index (χ3v) is 8.53. The largest absolute Gasteiger partial charge is 0.424 e. The first-order valence-corrected chi connectivity index (χ1v) is 14.5. The van der Waals surface area contributed by atoms with Crippen LogP contribution in [0, 0.1) is 0 Å². The molecule has 0 unspecified atom stereocenters. The number of anilines is 1. The molecule has 1 fully saturated rings. The van der Waals surface area contributed by atoms with Crippen LogP contribution in [0.2, 0.25) is 5.02 Å². The standard InChI is InChI=1S/C27H31ClN6O3S/c1-4-34-26(19(2)31-38(35,36)25-11-9-20-16-22(28)10-8-21(20)17-25)29-30-27(34)37-24-7-5-6-23(18-24)33-14-12-32(3)13-15-33/h5-11,16-19,31H,4,12-15H2,1-3H3/t19-/m1/s1. The molecule has 1 atom stereocenters. The molecule has 0 amide bonds. The summed E-state index contributed by atoms with van der Waals surface area (Å²) < 4.78 is 37.0. The van der Waals surface area contributed by atoms with Crippen LogP contribution in [0.15, 0.2) is 65.6 Å². The van der Waals surface area contributed by atoms with Crippen molar-refractivity contribution in [2.24, 2.45) is 0 Å². The Morgan fingerprint density at radius 1 is 1.00 bits per heavy atom. The predicted molar refractivity (Wildman–Crippen MR) is 150 cm³/mol. The van der Waals surface area contributed by atoms with Crippen molar-refractivity contribution in [2.75, 3.05) is 38.1 Å². The van der Waals surface area contributed by atoms with E-state index in [1.54, 1.807) is 47.9 Å². The number of fused-ring (bicyclic) bond motifs is 1. The van der Waals surface area contributed by atoms with Crippen molar-refractivity contribution in [3.63, 3.8) is 0 Å². The van der Waals surface area contributed by atoms with Crippen molar-refractivity contribution in [1.29, 1.82) is 0 Å². The quantitative estimate of drug-likeness (QED) is 0.338. The number of nitrogens with zero attached hydrogens (tertiary/aromatic N) is 5. The van der Waals surface area contributed by atoms with Crippen molar-refractivity contribution >= 4 is 38.1 Å². The van der Waals surface area contributed by atoms with Crippen molar-refractivity contribution < 1.29 is 13.2 Å². The van der Waals surface area contributed by atoms with Crippen LogP contribution in [0.5, 0.6) is 11.8 Å². The number of hydrogen-bond donors (Lipinski definition) is 1. The van der Waals surface area contributed by atoms with E-state index in [1.807, 2.05) is 25.1 Å². The van der Waals surface area contributed by atoms with Gasteiger partial charge in [-0.2, -0.15) is 0 Å². The van der Waals surface area contributed by atoms with Gasteiger partial charge in [-0.15, -0.1) is 5.10 Å². The fourth-order valence-corrected chi connectivity index (χ4v) is 6.04. The Morgan fingerprint density at radius 3 is 2.50 bits per heavy atom. The highest BCUT2D eigenvalue weighted by atomic mass is 35.5. The molecule has 0 radical (unpaired) electrons. The molecular formula is C27H31ClN6O3S. The molecule has 0 saturated carbocycles. The van der Waals surface area contributed by atoms with Gasteiger partial charge >= 0.3 is 6.01 Å². The lowest BCUT2D eigenvalue weighted by Crippen LogP contribution is -2.44. The first-order valence-electron chi connectivity index (χ1n) is 12.6. The minimum absolute atomic E-state index is 0.166. The lowest BCUT2D eigenvalue weighted by atomic mass is 10.1. The topological polar surface area (TPSA) is 92.6 Å². The maximum atomic E-state index is 13.2. The van der Waals surface area contributed by atoms with Crippen LogP contribution in [0.3, 0.4) is 0 Å². The van der Waals surface area contributed by atoms with Gasteiger partial charge in [-0.3, -0.25) is 4.57 Å². The number of rotatable bonds is 8. The zero-order valence-corrected chi connectivity index (χ0v) is 23.2. The summed E-state index contributed by atoms with van der Waals surface area (Å²) in [5.41, 5.74) is 1.09. The first-order chi connectivity index (χ1) is 18.2. The number of halogens is 1. The Bertz CT molecular complexity index is 1550. The molecule has 1 saturated heterocycles. The van der Waals surface area contributed by atoms with E-state index in [1.165, 1.54) is 0 Å². The Kier molecular flexibility index (Phi) is 7.58. The fourth-order valence-electron chi connectivity index (χ4n) is 4.62. The highest BCUT2D eigenvalue weighted by Crippen LogP contribution is 2.28. The number of nitrogens with one attached hydrogen (secondary N) is 1. The highest BCUT2D eigenvalue weighted by Gasteiger charge is 2.24. The molecule has 4 aromatic rings. The number of aromatic nitrogens is 3. The van der Waals surface area contributed by atoms with Crippen molar-refractivity contribution in [3.05, 3.63) is 71.5 Å². The van der Waals surface area contributed by atoms with Gasteiger partial charge in [0.25, 0.3) is 0 Å². The van der Waals surface area contributed by atoms with Crippen LogP contribution in [0.25, 0.3) is 10.8 Å². The van der Waals surface area contributed by atoms with Crippen LogP contribution in [0.1, 0.15) is 25.7 Å². The van der Waals surface area contributed by atoms with E-state index < -0.39 is 16.1 Å². The summed E-state index contributed by atoms with van der Waals surface area (Å²) in [4.78, 5) is 4.81. The Morgan fingerprint density at radius 2 is 1.74 bits per heavy atom. The van der Waals surface area contributed by atoms with Crippen LogP contribution in [0.4, 0.5) is 5.69 Å². The second kappa shape index (κ2) is 10.9. The molecule has 1 aliphatic heterocycles. The summed E-state index contributed by atoms with van der Waals surface area (Å²) in [6.07, 6.45) is 0. The molecule has 0 bridgehead atoms. The Labute approximate surface area is 228 Å². The van der Waals surface area contributed by atoms with Crippen LogP contribution < -0.4 is 14.4 Å². The molecule has 1 aromatic heterocycles. The molecule has 0 aliphatic carbocycles. The monoisotopic (exact) mass is 554 g/mol. The third kappa shape index (κ3) is 5.63. The average molecular weight is 555 g/mol. The van der Waals surface area contributed by atoms with Gasteiger partial charge in [-0.25, -0.2) is 13.1 Å². The van der Waals surface area contributed by atoms with Crippen molar-refractivity contribution in [1.82, 2.24) is 24.4 Å². The summed E-state index contributed by atoms with van der Waals surface area (Å²) in [7, 11) is -1.69. The smallest absolute Gasteiger partial charge is 0.322 e. The molecule has 5 rings (SSSR count). The molecule has 2 heterocycles. The van der Waals surface area contributed by atoms with E-state index in [0.717, 1.165) is 42.6 Å². The number of sulfonamides is 1. The van der Waals surface area contributed by atoms with Crippen LogP contribution in [-0.2, 0) is 16.6 Å². The molecule has 38 heavy (non-hydrogen) atoms. The van der Waals surface area contributed by atoms with Gasteiger partial charge in [0.1, 0.15) is 5.75 Å². The lowest BCUT2D eigenvalue weighted by molar-refractivity contribution is 0.312. The van der Waals surface area contributed by atoms with Crippen molar-refractivity contribution in [2.45, 2.75) is 31.3 Å². The molecular weight excluding hydrogens is 524 g/mol. The number of likely N-dealkylation sites (N-methyl/N-ethyl adjacent to an activating group) is 1. The molecule has 200 valence electrons. The molecule has 0 spiro atoms. The Balaban J connectivity index is 1.33. The van der Waals surface area contributed by atoms with Gasteiger partial charge in [0.05, 0.1) is 10.9 Å². The normalized spacial score (nSPS) is 15.6. The fraction of sp³-hybridized carbons (Fsp3) is 0.333. The van der Waals surface area contributed by atoms with Gasteiger partial charge < -0.3 is 14.5 Å². The summed E-state index contributed by atoms with van der Waals surface area (Å²) in [6.45, 7) is 8.14. The number of ether oxygens (including phenoxy) is 1. The number of hydrogen-bond acceptors (Lipinski definition) is 7. The second-order valence-electron chi connectivity index (χ2n) is 9.47. The SMILES string of the molecule is CCn1c(Oc2cccc(N3CCN(C)CC3)c2)nnc1[C@@H](C)NS(=O)(=O)c1ccc2cc(Cl)ccc2c1. The zero-order chi connectivity index (χ0) is 26.9. The van der Waals surface area contributed by atoms with E-state index in [2.05, 4.69) is 37.8 Å². The summed E-state index contributed by atoms with van der Waals surface area (Å²) in [6, 6.07) is 17.9. The zero-order valence-electron chi connectivity index (χ0n) is 21.6. The third-order valence-electron chi connectivity index (χ3n) is 6.76. The second-order valence-corrected chi connectivity index (χ2v) is 11.6. The molecule has 11 heteroatoms. The number of benzene rings is 3. The van der Waals surface area contributed by atoms with E-state index in [-0.39, 0.29) is 4.90 Å². The maximum Gasteiger partial charge on any atom is 0.322 e. The molecule has 3 aromatic carbocycles. The molecule has 1 N–H and O–H groups in total. The minimum Gasteiger partial charge on any atom is -0.424 e. The van der Waals surface area contributed by atoms with Crippen LogP contribution in [-0.4, -0.2) is 61.3 Å². The summed E-state index contributed by atoms with van der Waals surface area (Å²) in [5.74, 6) is 1.12. The highest BCUT2D eigenvalue weighted by molar-refractivity contribution is 7.89. The molecule has 1 aliphatic rings. The van der Waals surface area contributed by atoms with Gasteiger partial charge in [0, 0.05) is 49.5 Å². The summed E-state index contributed by atoms with van der Waals surface area (Å²) in [5, 5.41) is 10.8. The van der Waals surface area contributed by atoms with Gasteiger partial charge in [-0.05, 0) is 68.1 Å². The maximum absolute atomic E-state index is 13.2.